The van der Waals surface area contributed by atoms with Gasteiger partial charge in [-0.3, -0.25) is 9.78 Å². The van der Waals surface area contributed by atoms with E-state index in [-0.39, 0.29) is 11.3 Å². The van der Waals surface area contributed by atoms with Gasteiger partial charge in [-0.25, -0.2) is 0 Å². The zero-order valence-corrected chi connectivity index (χ0v) is 18.0. The average Bonchev–Trinajstić information content (AvgIpc) is 3.21. The molecule has 1 aliphatic carbocycles. The fraction of sp³-hybridized carbons (Fsp3) is 0.407. The van der Waals surface area contributed by atoms with Crippen LogP contribution in [0, 0.1) is 5.92 Å². The highest BCUT2D eigenvalue weighted by Crippen LogP contribution is 2.43. The summed E-state index contributed by atoms with van der Waals surface area (Å²) in [6.07, 6.45) is 8.83. The third-order valence-corrected chi connectivity index (χ3v) is 7.10. The fourth-order valence-electron chi connectivity index (χ4n) is 5.52. The van der Waals surface area contributed by atoms with Crippen LogP contribution in [0.2, 0.25) is 0 Å². The molecular weight excluding hydrogens is 384 g/mol. The summed E-state index contributed by atoms with van der Waals surface area (Å²) in [6, 6.07) is 18.9. The van der Waals surface area contributed by atoms with Crippen molar-refractivity contribution in [2.24, 2.45) is 5.92 Å². The maximum Gasteiger partial charge on any atom is 0.233 e. The number of fused-ring (bicyclic) bond motifs is 1. The molecule has 3 aromatic rings. The van der Waals surface area contributed by atoms with Crippen LogP contribution in [-0.4, -0.2) is 42.1 Å². The summed E-state index contributed by atoms with van der Waals surface area (Å²) in [5, 5.41) is 2.41. The smallest absolute Gasteiger partial charge is 0.233 e. The number of aromatic nitrogens is 1. The maximum absolute atomic E-state index is 13.9. The summed E-state index contributed by atoms with van der Waals surface area (Å²) >= 11 is 0. The first-order chi connectivity index (χ1) is 15.3. The highest BCUT2D eigenvalue weighted by Gasteiger charge is 2.45. The minimum Gasteiger partial charge on any atom is -0.379 e. The Kier molecular flexibility index (Phi) is 5.73. The van der Waals surface area contributed by atoms with Gasteiger partial charge in [-0.15, -0.1) is 0 Å². The van der Waals surface area contributed by atoms with Gasteiger partial charge in [-0.05, 0) is 41.8 Å². The Labute approximate surface area is 184 Å². The van der Waals surface area contributed by atoms with Gasteiger partial charge in [-0.1, -0.05) is 61.4 Å². The average molecular weight is 415 g/mol. The number of hydrogen-bond donors (Lipinski definition) is 0. The summed E-state index contributed by atoms with van der Waals surface area (Å²) < 4.78 is 5.96. The second-order valence-electron chi connectivity index (χ2n) is 9.07. The molecule has 0 spiro atoms. The van der Waals surface area contributed by atoms with Gasteiger partial charge in [0, 0.05) is 36.8 Å². The minimum atomic E-state index is -0.362. The number of hydrogen-bond acceptors (Lipinski definition) is 3. The van der Waals surface area contributed by atoms with Gasteiger partial charge in [0.1, 0.15) is 0 Å². The highest BCUT2D eigenvalue weighted by atomic mass is 16.5. The summed E-state index contributed by atoms with van der Waals surface area (Å²) in [5.41, 5.74) is 2.10. The first-order valence-corrected chi connectivity index (χ1v) is 11.5. The molecule has 0 radical (unpaired) electrons. The lowest BCUT2D eigenvalue weighted by Gasteiger charge is -2.35. The second-order valence-corrected chi connectivity index (χ2v) is 9.07. The second kappa shape index (κ2) is 8.80. The van der Waals surface area contributed by atoms with Crippen LogP contribution in [0.1, 0.15) is 36.8 Å². The van der Waals surface area contributed by atoms with E-state index in [1.54, 1.807) is 0 Å². The first-order valence-electron chi connectivity index (χ1n) is 11.5. The molecule has 1 saturated heterocycles. The quantitative estimate of drug-likeness (QED) is 0.618. The van der Waals surface area contributed by atoms with Crippen molar-refractivity contribution in [3.05, 3.63) is 78.1 Å². The number of carbonyl (C=O) groups is 1. The van der Waals surface area contributed by atoms with Gasteiger partial charge in [0.15, 0.2) is 0 Å². The van der Waals surface area contributed by atoms with Crippen molar-refractivity contribution in [3.8, 4) is 0 Å². The highest BCUT2D eigenvalue weighted by molar-refractivity contribution is 5.89. The summed E-state index contributed by atoms with van der Waals surface area (Å²) in [5.74, 6) is 0.581. The molecule has 0 unspecified atom stereocenters. The van der Waals surface area contributed by atoms with E-state index in [4.69, 9.17) is 4.74 Å². The number of ether oxygens (including phenoxy) is 1. The molecule has 5 rings (SSSR count). The number of pyridine rings is 1. The molecule has 1 atom stereocenters. The number of benzene rings is 2. The predicted molar refractivity (Wildman–Crippen MR) is 123 cm³/mol. The molecule has 4 nitrogen and oxygen atoms in total. The molecule has 0 N–H and O–H groups in total. The zero-order valence-electron chi connectivity index (χ0n) is 18.0. The van der Waals surface area contributed by atoms with Crippen molar-refractivity contribution in [2.45, 2.75) is 37.5 Å². The Morgan fingerprint density at radius 3 is 2.74 bits per heavy atom. The van der Waals surface area contributed by atoms with Crippen LogP contribution in [0.3, 0.4) is 0 Å². The van der Waals surface area contributed by atoms with E-state index in [0.29, 0.717) is 25.7 Å². The van der Waals surface area contributed by atoms with Crippen LogP contribution >= 0.6 is 0 Å². The van der Waals surface area contributed by atoms with E-state index in [2.05, 4.69) is 58.4 Å². The van der Waals surface area contributed by atoms with Crippen LogP contribution in [0.25, 0.3) is 10.8 Å². The summed E-state index contributed by atoms with van der Waals surface area (Å²) in [4.78, 5) is 20.4. The van der Waals surface area contributed by atoms with Crippen molar-refractivity contribution in [3.63, 3.8) is 0 Å². The van der Waals surface area contributed by atoms with Crippen molar-refractivity contribution in [1.82, 2.24) is 9.88 Å². The third-order valence-electron chi connectivity index (χ3n) is 7.10. The molecule has 2 aliphatic rings. The maximum atomic E-state index is 13.9. The van der Waals surface area contributed by atoms with E-state index in [9.17, 15) is 4.79 Å². The number of carbonyl (C=O) groups excluding carboxylic acids is 1. The molecule has 2 heterocycles. The van der Waals surface area contributed by atoms with Crippen molar-refractivity contribution in [1.29, 1.82) is 0 Å². The molecule has 1 amide bonds. The van der Waals surface area contributed by atoms with Gasteiger partial charge in [0.05, 0.1) is 18.6 Å². The topological polar surface area (TPSA) is 42.4 Å². The summed E-state index contributed by atoms with van der Waals surface area (Å²) in [6.45, 7) is 2.74. The van der Waals surface area contributed by atoms with Gasteiger partial charge in [-0.2, -0.15) is 0 Å². The molecule has 31 heavy (non-hydrogen) atoms. The fourth-order valence-corrected chi connectivity index (χ4v) is 5.52. The lowest BCUT2D eigenvalue weighted by Crippen LogP contribution is -2.47. The van der Waals surface area contributed by atoms with Crippen molar-refractivity contribution < 1.29 is 9.53 Å². The third kappa shape index (κ3) is 3.97. The minimum absolute atomic E-state index is 0.284. The lowest BCUT2D eigenvalue weighted by atomic mass is 9.77. The molecule has 160 valence electrons. The zero-order chi connectivity index (χ0) is 21.1. The van der Waals surface area contributed by atoms with Gasteiger partial charge in [0.25, 0.3) is 0 Å². The standard InChI is InChI=1S/C27H30N2O2/c30-26(27(12-4-5-13-27)24-9-2-1-3-10-24)29-15-16-31-20-21(19-29)17-23-8-6-7-22-11-14-28-18-25(22)23/h1-3,6-11,14,18,21H,4-5,12-13,15-17,19-20H2/t21-/m1/s1. The monoisotopic (exact) mass is 414 g/mol. The van der Waals surface area contributed by atoms with Crippen LogP contribution in [-0.2, 0) is 21.4 Å². The Balaban J connectivity index is 1.39. The molecule has 1 saturated carbocycles. The Hall–Kier alpha value is -2.72. The number of amides is 1. The Bertz CT molecular complexity index is 1040. The molecule has 2 fully saturated rings. The normalized spacial score (nSPS) is 21.2. The lowest BCUT2D eigenvalue weighted by molar-refractivity contribution is -0.137. The SMILES string of the molecule is O=C(N1CCOC[C@H](Cc2cccc3ccncc23)C1)C1(c2ccccc2)CCCC1. The molecule has 1 aliphatic heterocycles. The number of rotatable bonds is 4. The van der Waals surface area contributed by atoms with E-state index in [1.807, 2.05) is 18.5 Å². The van der Waals surface area contributed by atoms with Gasteiger partial charge < -0.3 is 9.64 Å². The van der Waals surface area contributed by atoms with E-state index in [0.717, 1.165) is 38.6 Å². The van der Waals surface area contributed by atoms with Crippen LogP contribution < -0.4 is 0 Å². The van der Waals surface area contributed by atoms with Crippen LogP contribution in [0.15, 0.2) is 67.0 Å². The predicted octanol–water partition coefficient (Wildman–Crippen LogP) is 4.76. The largest absolute Gasteiger partial charge is 0.379 e. The van der Waals surface area contributed by atoms with Crippen LogP contribution in [0.5, 0.6) is 0 Å². The molecule has 1 aromatic heterocycles. The molecular formula is C27H30N2O2. The van der Waals surface area contributed by atoms with E-state index >= 15 is 0 Å². The van der Waals surface area contributed by atoms with E-state index < -0.39 is 0 Å². The van der Waals surface area contributed by atoms with Crippen molar-refractivity contribution >= 4 is 16.7 Å². The van der Waals surface area contributed by atoms with E-state index in [1.165, 1.54) is 21.9 Å². The Morgan fingerprint density at radius 2 is 1.90 bits per heavy atom. The first kappa shape index (κ1) is 20.2. The molecule has 4 heteroatoms. The summed E-state index contributed by atoms with van der Waals surface area (Å²) in [7, 11) is 0. The van der Waals surface area contributed by atoms with Gasteiger partial charge in [0.2, 0.25) is 5.91 Å². The molecule has 2 aromatic carbocycles. The van der Waals surface area contributed by atoms with Gasteiger partial charge >= 0.3 is 0 Å². The Morgan fingerprint density at radius 1 is 1.06 bits per heavy atom. The van der Waals surface area contributed by atoms with Crippen LogP contribution in [0.4, 0.5) is 0 Å². The number of nitrogens with zero attached hydrogens (tertiary/aromatic N) is 2. The molecule has 0 bridgehead atoms. The van der Waals surface area contributed by atoms with Crippen molar-refractivity contribution in [2.75, 3.05) is 26.3 Å².